The SMILES string of the molecule is O=C(CCCCC(=O)ON1CCCCC1)ON1CCCCC1. The van der Waals surface area contributed by atoms with Crippen LogP contribution in [0, 0.1) is 0 Å². The first kappa shape index (κ1) is 17.2. The van der Waals surface area contributed by atoms with Crippen LogP contribution in [-0.2, 0) is 19.3 Å². The van der Waals surface area contributed by atoms with E-state index in [9.17, 15) is 9.59 Å². The standard InChI is InChI=1S/C16H28N2O4/c19-15(21-17-11-5-1-6-12-17)9-3-4-10-16(20)22-18-13-7-2-8-14-18/h1-14H2. The molecule has 0 saturated carbocycles. The van der Waals surface area contributed by atoms with E-state index in [0.29, 0.717) is 25.7 Å². The van der Waals surface area contributed by atoms with Crippen molar-refractivity contribution in [1.29, 1.82) is 0 Å². The van der Waals surface area contributed by atoms with Gasteiger partial charge in [-0.2, -0.15) is 0 Å². The Morgan fingerprint density at radius 3 is 1.36 bits per heavy atom. The van der Waals surface area contributed by atoms with Gasteiger partial charge < -0.3 is 9.68 Å². The number of nitrogens with zero attached hydrogens (tertiary/aromatic N) is 2. The van der Waals surface area contributed by atoms with Gasteiger partial charge in [-0.3, -0.25) is 9.59 Å². The molecule has 6 nitrogen and oxygen atoms in total. The van der Waals surface area contributed by atoms with Gasteiger partial charge in [0.2, 0.25) is 0 Å². The van der Waals surface area contributed by atoms with Gasteiger partial charge in [0, 0.05) is 39.0 Å². The van der Waals surface area contributed by atoms with Crippen molar-refractivity contribution in [3.8, 4) is 0 Å². The highest BCUT2D eigenvalue weighted by molar-refractivity contribution is 5.70. The zero-order valence-electron chi connectivity index (χ0n) is 13.4. The molecule has 0 N–H and O–H groups in total. The molecule has 2 fully saturated rings. The van der Waals surface area contributed by atoms with E-state index < -0.39 is 0 Å². The third kappa shape index (κ3) is 6.75. The van der Waals surface area contributed by atoms with Gasteiger partial charge in [0.1, 0.15) is 0 Å². The molecule has 0 aromatic carbocycles. The fraction of sp³-hybridized carbons (Fsp3) is 0.875. The van der Waals surface area contributed by atoms with Crippen LogP contribution in [-0.4, -0.2) is 48.2 Å². The monoisotopic (exact) mass is 312 g/mol. The predicted octanol–water partition coefficient (Wildman–Crippen LogP) is 2.44. The highest BCUT2D eigenvalue weighted by Gasteiger charge is 2.16. The average molecular weight is 312 g/mol. The van der Waals surface area contributed by atoms with E-state index >= 15 is 0 Å². The van der Waals surface area contributed by atoms with Crippen LogP contribution in [0.1, 0.15) is 64.2 Å². The molecule has 2 aliphatic heterocycles. The first-order valence-corrected chi connectivity index (χ1v) is 8.65. The molecule has 2 rings (SSSR count). The lowest BCUT2D eigenvalue weighted by Crippen LogP contribution is -2.32. The normalized spacial score (nSPS) is 20.5. The van der Waals surface area contributed by atoms with E-state index in [4.69, 9.17) is 9.68 Å². The predicted molar refractivity (Wildman–Crippen MR) is 81.5 cm³/mol. The van der Waals surface area contributed by atoms with Crippen molar-refractivity contribution in [3.63, 3.8) is 0 Å². The number of carbonyl (C=O) groups is 2. The van der Waals surface area contributed by atoms with Crippen LogP contribution >= 0.6 is 0 Å². The molecule has 6 heteroatoms. The third-order valence-corrected chi connectivity index (χ3v) is 4.10. The number of hydrogen-bond donors (Lipinski definition) is 0. The molecular formula is C16H28N2O4. The van der Waals surface area contributed by atoms with Crippen LogP contribution in [0.4, 0.5) is 0 Å². The summed E-state index contributed by atoms with van der Waals surface area (Å²) in [6.07, 6.45) is 8.88. The summed E-state index contributed by atoms with van der Waals surface area (Å²) in [5.74, 6) is -0.377. The minimum absolute atomic E-state index is 0.189. The average Bonchev–Trinajstić information content (AvgIpc) is 2.53. The van der Waals surface area contributed by atoms with Crippen LogP contribution in [0.5, 0.6) is 0 Å². The molecule has 0 aromatic rings. The molecule has 2 aliphatic rings. The molecule has 0 atom stereocenters. The number of unbranched alkanes of at least 4 members (excludes halogenated alkanes) is 1. The molecule has 126 valence electrons. The minimum Gasteiger partial charge on any atom is -0.368 e. The number of piperidine rings is 2. The van der Waals surface area contributed by atoms with Crippen molar-refractivity contribution in [2.45, 2.75) is 64.2 Å². The summed E-state index contributed by atoms with van der Waals surface area (Å²) in [5.41, 5.74) is 0. The summed E-state index contributed by atoms with van der Waals surface area (Å²) in [6.45, 7) is 3.36. The maximum atomic E-state index is 11.7. The Labute approximate surface area is 132 Å². The van der Waals surface area contributed by atoms with Gasteiger partial charge in [-0.1, -0.05) is 12.8 Å². The summed E-state index contributed by atoms with van der Waals surface area (Å²) in [4.78, 5) is 33.9. The zero-order chi connectivity index (χ0) is 15.6. The summed E-state index contributed by atoms with van der Waals surface area (Å²) in [5, 5.41) is 3.52. The van der Waals surface area contributed by atoms with E-state index in [1.807, 2.05) is 0 Å². The highest BCUT2D eigenvalue weighted by atomic mass is 16.7. The van der Waals surface area contributed by atoms with Gasteiger partial charge in [-0.15, -0.1) is 10.1 Å². The van der Waals surface area contributed by atoms with Gasteiger partial charge >= 0.3 is 11.9 Å². The van der Waals surface area contributed by atoms with E-state index in [-0.39, 0.29) is 11.9 Å². The number of hydrogen-bond acceptors (Lipinski definition) is 6. The Bertz CT molecular complexity index is 316. The first-order valence-electron chi connectivity index (χ1n) is 8.65. The molecule has 22 heavy (non-hydrogen) atoms. The molecule has 0 bridgehead atoms. The third-order valence-electron chi connectivity index (χ3n) is 4.10. The largest absolute Gasteiger partial charge is 0.368 e. The molecular weight excluding hydrogens is 284 g/mol. The lowest BCUT2D eigenvalue weighted by molar-refractivity contribution is -0.196. The van der Waals surface area contributed by atoms with Crippen molar-refractivity contribution in [3.05, 3.63) is 0 Å². The van der Waals surface area contributed by atoms with Crippen LogP contribution in [0.3, 0.4) is 0 Å². The lowest BCUT2D eigenvalue weighted by atomic mass is 10.2. The Hall–Kier alpha value is -1.14. The second-order valence-corrected chi connectivity index (χ2v) is 6.11. The first-order chi connectivity index (χ1) is 10.7. The van der Waals surface area contributed by atoms with Crippen molar-refractivity contribution < 1.29 is 19.3 Å². The molecule has 0 unspecified atom stereocenters. The maximum Gasteiger partial charge on any atom is 0.325 e. The lowest BCUT2D eigenvalue weighted by Gasteiger charge is -2.25. The maximum absolute atomic E-state index is 11.7. The summed E-state index contributed by atoms with van der Waals surface area (Å²) in [7, 11) is 0. The molecule has 0 radical (unpaired) electrons. The van der Waals surface area contributed by atoms with Crippen LogP contribution in [0.2, 0.25) is 0 Å². The van der Waals surface area contributed by atoms with Crippen molar-refractivity contribution in [2.24, 2.45) is 0 Å². The Kier molecular flexibility index (Phi) is 7.66. The van der Waals surface area contributed by atoms with E-state index in [0.717, 1.165) is 51.9 Å². The summed E-state index contributed by atoms with van der Waals surface area (Å²) in [6, 6.07) is 0. The number of hydroxylamine groups is 4. The van der Waals surface area contributed by atoms with Gasteiger partial charge in [0.05, 0.1) is 0 Å². The molecule has 2 saturated heterocycles. The molecule has 0 aliphatic carbocycles. The Morgan fingerprint density at radius 1 is 0.636 bits per heavy atom. The smallest absolute Gasteiger partial charge is 0.325 e. The van der Waals surface area contributed by atoms with Crippen LogP contribution in [0.25, 0.3) is 0 Å². The topological polar surface area (TPSA) is 59.1 Å². The quantitative estimate of drug-likeness (QED) is 0.673. The molecule has 0 aromatic heterocycles. The van der Waals surface area contributed by atoms with Crippen molar-refractivity contribution >= 4 is 11.9 Å². The minimum atomic E-state index is -0.189. The van der Waals surface area contributed by atoms with E-state index in [2.05, 4.69) is 0 Å². The van der Waals surface area contributed by atoms with Crippen LogP contribution < -0.4 is 0 Å². The summed E-state index contributed by atoms with van der Waals surface area (Å²) < 4.78 is 0. The summed E-state index contributed by atoms with van der Waals surface area (Å²) >= 11 is 0. The van der Waals surface area contributed by atoms with Gasteiger partial charge in [0.25, 0.3) is 0 Å². The Balaban J connectivity index is 1.48. The zero-order valence-corrected chi connectivity index (χ0v) is 13.4. The molecule has 0 spiro atoms. The number of carbonyl (C=O) groups excluding carboxylic acids is 2. The molecule has 0 amide bonds. The number of rotatable bonds is 7. The second kappa shape index (κ2) is 9.79. The van der Waals surface area contributed by atoms with Crippen molar-refractivity contribution in [2.75, 3.05) is 26.2 Å². The van der Waals surface area contributed by atoms with Gasteiger partial charge in [-0.25, -0.2) is 0 Å². The van der Waals surface area contributed by atoms with Gasteiger partial charge in [0.15, 0.2) is 0 Å². The van der Waals surface area contributed by atoms with E-state index in [1.54, 1.807) is 10.1 Å². The molecule has 2 heterocycles. The fourth-order valence-electron chi connectivity index (χ4n) is 2.83. The fourth-order valence-corrected chi connectivity index (χ4v) is 2.83. The van der Waals surface area contributed by atoms with Crippen molar-refractivity contribution in [1.82, 2.24) is 10.1 Å². The van der Waals surface area contributed by atoms with Gasteiger partial charge in [-0.05, 0) is 38.5 Å². The van der Waals surface area contributed by atoms with Crippen LogP contribution in [0.15, 0.2) is 0 Å². The second-order valence-electron chi connectivity index (χ2n) is 6.11. The Morgan fingerprint density at radius 2 is 1.00 bits per heavy atom. The van der Waals surface area contributed by atoms with E-state index in [1.165, 1.54) is 12.8 Å². The highest BCUT2D eigenvalue weighted by Crippen LogP contribution is 2.12.